The Labute approximate surface area is 116 Å². The van der Waals surface area contributed by atoms with E-state index < -0.39 is 27.6 Å². The van der Waals surface area contributed by atoms with E-state index in [2.05, 4.69) is 0 Å². The molecule has 2 N–H and O–H groups in total. The maximum atomic E-state index is 13.0. The zero-order valence-corrected chi connectivity index (χ0v) is 11.3. The molecule has 0 aliphatic rings. The summed E-state index contributed by atoms with van der Waals surface area (Å²) in [5, 5.41) is 9.85. The fourth-order valence-electron chi connectivity index (χ4n) is 1.40. The quantitative estimate of drug-likeness (QED) is 0.907. The summed E-state index contributed by atoms with van der Waals surface area (Å²) in [6, 6.07) is 3.19. The number of hydrogen-bond donors (Lipinski definition) is 2. The number of sulfonamides is 1. The molecule has 0 radical (unpaired) electrons. The van der Waals surface area contributed by atoms with Crippen LogP contribution in [0.3, 0.4) is 0 Å². The van der Waals surface area contributed by atoms with Crippen LogP contribution in [0.4, 0.5) is 14.5 Å². The molecule has 0 bridgehead atoms. The first kappa shape index (κ1) is 14.4. The zero-order chi connectivity index (χ0) is 14.9. The van der Waals surface area contributed by atoms with Gasteiger partial charge in [0.1, 0.15) is 16.5 Å². The average molecular weight is 319 g/mol. The maximum Gasteiger partial charge on any atom is 0.345 e. The second kappa shape index (κ2) is 5.17. The van der Waals surface area contributed by atoms with Crippen molar-refractivity contribution in [1.82, 2.24) is 0 Å². The van der Waals surface area contributed by atoms with Gasteiger partial charge in [-0.2, -0.15) is 0 Å². The number of benzene rings is 1. The largest absolute Gasteiger partial charge is 0.477 e. The van der Waals surface area contributed by atoms with Gasteiger partial charge in [0.25, 0.3) is 10.0 Å². The van der Waals surface area contributed by atoms with E-state index in [1.54, 1.807) is 0 Å². The molecule has 0 aliphatic heterocycles. The number of carboxylic acid groups (broad SMARTS) is 1. The molecule has 2 rings (SSSR count). The summed E-state index contributed by atoms with van der Waals surface area (Å²) in [5.41, 5.74) is -0.287. The van der Waals surface area contributed by atoms with E-state index in [1.165, 1.54) is 0 Å². The molecule has 0 spiro atoms. The number of carboxylic acids is 1. The van der Waals surface area contributed by atoms with Crippen molar-refractivity contribution in [2.45, 2.75) is 4.90 Å². The molecular weight excluding hydrogens is 312 g/mol. The molecule has 20 heavy (non-hydrogen) atoms. The van der Waals surface area contributed by atoms with E-state index in [4.69, 9.17) is 5.11 Å². The molecule has 1 heterocycles. The number of anilines is 1. The molecule has 0 aliphatic carbocycles. The molecule has 0 saturated heterocycles. The van der Waals surface area contributed by atoms with Gasteiger partial charge >= 0.3 is 5.97 Å². The lowest BCUT2D eigenvalue weighted by Crippen LogP contribution is -2.12. The smallest absolute Gasteiger partial charge is 0.345 e. The number of aromatic carboxylic acids is 1. The van der Waals surface area contributed by atoms with E-state index >= 15 is 0 Å². The van der Waals surface area contributed by atoms with Crippen LogP contribution in [0, 0.1) is 11.6 Å². The highest BCUT2D eigenvalue weighted by molar-refractivity contribution is 7.92. The lowest BCUT2D eigenvalue weighted by molar-refractivity contribution is 0.0702. The topological polar surface area (TPSA) is 83.5 Å². The predicted molar refractivity (Wildman–Crippen MR) is 68.4 cm³/mol. The van der Waals surface area contributed by atoms with E-state index in [1.807, 2.05) is 4.72 Å². The molecule has 0 amide bonds. The van der Waals surface area contributed by atoms with Crippen molar-refractivity contribution in [3.63, 3.8) is 0 Å². The Morgan fingerprint density at radius 3 is 2.25 bits per heavy atom. The minimum Gasteiger partial charge on any atom is -0.477 e. The first-order valence-corrected chi connectivity index (χ1v) is 7.45. The number of nitrogens with one attached hydrogen (secondary N) is 1. The van der Waals surface area contributed by atoms with E-state index in [-0.39, 0.29) is 15.5 Å². The van der Waals surface area contributed by atoms with Crippen LogP contribution < -0.4 is 4.72 Å². The van der Waals surface area contributed by atoms with Crippen LogP contribution in [0.15, 0.2) is 34.5 Å². The standard InChI is InChI=1S/C11H7F2NO4S2/c12-6-1-7(13)3-8(2-6)14-20(17,18)9-4-10(11(15)16)19-5-9/h1-5,14H,(H,15,16). The third kappa shape index (κ3) is 3.11. The van der Waals surface area contributed by atoms with Gasteiger partial charge < -0.3 is 5.11 Å². The highest BCUT2D eigenvalue weighted by Gasteiger charge is 2.19. The van der Waals surface area contributed by atoms with Gasteiger partial charge in [-0.05, 0) is 18.2 Å². The van der Waals surface area contributed by atoms with Crippen LogP contribution in [-0.2, 0) is 10.0 Å². The fourth-order valence-corrected chi connectivity index (χ4v) is 3.55. The molecule has 0 fully saturated rings. The van der Waals surface area contributed by atoms with Gasteiger partial charge in [-0.1, -0.05) is 0 Å². The Hall–Kier alpha value is -2.00. The van der Waals surface area contributed by atoms with E-state index in [0.29, 0.717) is 6.07 Å². The molecule has 9 heteroatoms. The summed E-state index contributed by atoms with van der Waals surface area (Å²) >= 11 is 0.735. The van der Waals surface area contributed by atoms with Gasteiger partial charge in [0.2, 0.25) is 0 Å². The number of halogens is 2. The van der Waals surface area contributed by atoms with Crippen LogP contribution in [0.1, 0.15) is 9.67 Å². The monoisotopic (exact) mass is 319 g/mol. The van der Waals surface area contributed by atoms with Gasteiger partial charge in [-0.15, -0.1) is 11.3 Å². The van der Waals surface area contributed by atoms with Gasteiger partial charge in [0.05, 0.1) is 10.6 Å². The summed E-state index contributed by atoms with van der Waals surface area (Å²) in [6.45, 7) is 0. The molecule has 2 aromatic rings. The minimum atomic E-state index is -4.10. The average Bonchev–Trinajstić information content (AvgIpc) is 2.76. The highest BCUT2D eigenvalue weighted by atomic mass is 32.2. The van der Waals surface area contributed by atoms with Crippen molar-refractivity contribution < 1.29 is 27.1 Å². The number of carbonyl (C=O) groups is 1. The Balaban J connectivity index is 2.32. The number of rotatable bonds is 4. The number of thiophene rings is 1. The lowest BCUT2D eigenvalue weighted by atomic mass is 10.3. The fraction of sp³-hybridized carbons (Fsp3) is 0. The lowest BCUT2D eigenvalue weighted by Gasteiger charge is -2.06. The van der Waals surface area contributed by atoms with Crippen molar-refractivity contribution in [1.29, 1.82) is 0 Å². The Morgan fingerprint density at radius 1 is 1.15 bits per heavy atom. The normalized spacial score (nSPS) is 11.3. The maximum absolute atomic E-state index is 13.0. The van der Waals surface area contributed by atoms with Crippen molar-refractivity contribution in [2.24, 2.45) is 0 Å². The first-order chi connectivity index (χ1) is 9.28. The summed E-state index contributed by atoms with van der Waals surface area (Å²) in [6.07, 6.45) is 0. The predicted octanol–water partition coefficient (Wildman–Crippen LogP) is 2.53. The van der Waals surface area contributed by atoms with Crippen molar-refractivity contribution in [3.05, 3.63) is 46.2 Å². The minimum absolute atomic E-state index is 0.157. The second-order valence-corrected chi connectivity index (χ2v) is 6.31. The van der Waals surface area contributed by atoms with E-state index in [0.717, 1.165) is 34.9 Å². The summed E-state index contributed by atoms with van der Waals surface area (Å²) < 4.78 is 51.7. The third-order valence-electron chi connectivity index (χ3n) is 2.21. The van der Waals surface area contributed by atoms with Crippen LogP contribution in [0.5, 0.6) is 0 Å². The SMILES string of the molecule is O=C(O)c1cc(S(=O)(=O)Nc2cc(F)cc(F)c2)cs1. The number of hydrogen-bond acceptors (Lipinski definition) is 4. The van der Waals surface area contributed by atoms with Crippen LogP contribution in [0.2, 0.25) is 0 Å². The third-order valence-corrected chi connectivity index (χ3v) is 4.64. The van der Waals surface area contributed by atoms with Gasteiger partial charge in [0, 0.05) is 11.4 Å². The van der Waals surface area contributed by atoms with Crippen LogP contribution in [-0.4, -0.2) is 19.5 Å². The zero-order valence-electron chi connectivity index (χ0n) is 9.63. The van der Waals surface area contributed by atoms with Gasteiger partial charge in [-0.25, -0.2) is 22.0 Å². The van der Waals surface area contributed by atoms with Crippen molar-refractivity contribution >= 4 is 33.0 Å². The molecule has 5 nitrogen and oxygen atoms in total. The second-order valence-electron chi connectivity index (χ2n) is 3.72. The van der Waals surface area contributed by atoms with Gasteiger partial charge in [0.15, 0.2) is 0 Å². The summed E-state index contributed by atoms with van der Waals surface area (Å²) in [4.78, 5) is 10.2. The van der Waals surface area contributed by atoms with Crippen molar-refractivity contribution in [3.8, 4) is 0 Å². The van der Waals surface area contributed by atoms with Crippen molar-refractivity contribution in [2.75, 3.05) is 4.72 Å². The molecule has 1 aromatic heterocycles. The highest BCUT2D eigenvalue weighted by Crippen LogP contribution is 2.23. The summed E-state index contributed by atoms with van der Waals surface area (Å²) in [5.74, 6) is -3.12. The Bertz CT molecular complexity index is 750. The van der Waals surface area contributed by atoms with Crippen LogP contribution in [0.25, 0.3) is 0 Å². The summed E-state index contributed by atoms with van der Waals surface area (Å²) in [7, 11) is -4.10. The molecule has 0 saturated carbocycles. The van der Waals surface area contributed by atoms with Crippen LogP contribution >= 0.6 is 11.3 Å². The first-order valence-electron chi connectivity index (χ1n) is 5.09. The Morgan fingerprint density at radius 2 is 1.75 bits per heavy atom. The molecule has 0 unspecified atom stereocenters. The van der Waals surface area contributed by atoms with Gasteiger partial charge in [-0.3, -0.25) is 4.72 Å². The van der Waals surface area contributed by atoms with E-state index in [9.17, 15) is 22.0 Å². The molecule has 1 aromatic carbocycles. The Kier molecular flexibility index (Phi) is 3.73. The molecule has 106 valence electrons. The molecular formula is C11H7F2NO4S2. The molecule has 0 atom stereocenters.